The molecular formula is C27H41N3O6S. The Balaban J connectivity index is 0.000000898. The molecule has 1 aromatic carbocycles. The van der Waals surface area contributed by atoms with Gasteiger partial charge in [0.25, 0.3) is 5.91 Å². The van der Waals surface area contributed by atoms with Crippen LogP contribution in [-0.2, 0) is 16.4 Å². The topological polar surface area (TPSA) is 129 Å². The molecule has 0 bridgehead atoms. The molecule has 9 nitrogen and oxygen atoms in total. The summed E-state index contributed by atoms with van der Waals surface area (Å²) in [6.07, 6.45) is 6.73. The van der Waals surface area contributed by atoms with Crippen LogP contribution in [0, 0.1) is 6.92 Å². The van der Waals surface area contributed by atoms with Gasteiger partial charge in [0.05, 0.1) is 17.7 Å². The predicted molar refractivity (Wildman–Crippen MR) is 145 cm³/mol. The molecule has 1 aromatic heterocycles. The highest BCUT2D eigenvalue weighted by molar-refractivity contribution is 7.89. The number of methoxy groups -OCH3 is 1. The zero-order chi connectivity index (χ0) is 27.6. The monoisotopic (exact) mass is 535 g/mol. The van der Waals surface area contributed by atoms with E-state index in [0.29, 0.717) is 48.6 Å². The second kappa shape index (κ2) is 14.3. The van der Waals surface area contributed by atoms with Gasteiger partial charge in [0.2, 0.25) is 10.0 Å². The minimum absolute atomic E-state index is 0.0532. The lowest BCUT2D eigenvalue weighted by molar-refractivity contribution is 0.0980. The van der Waals surface area contributed by atoms with E-state index in [4.69, 9.17) is 9.84 Å². The second-order valence-corrected chi connectivity index (χ2v) is 11.0. The van der Waals surface area contributed by atoms with Crippen molar-refractivity contribution in [3.8, 4) is 5.75 Å². The van der Waals surface area contributed by atoms with Crippen molar-refractivity contribution in [3.05, 3.63) is 40.7 Å². The van der Waals surface area contributed by atoms with E-state index in [9.17, 15) is 18.0 Å². The molecule has 1 aliphatic heterocycles. The van der Waals surface area contributed by atoms with Gasteiger partial charge < -0.3 is 20.1 Å². The standard InChI is InChI=1S/C23H29N3O5S.C3H8.CH4O/c1-15-21-17(8-4-5-9-19(21)27)22(24-15)23(28)25-18-14-16(10-11-20(18)31-2)32(29,30)26-12-6-3-7-13-26;1-3-2;1-2/h10-11,14,24H,3-9,12-13H2,1-2H3,(H,25,28);3H2,1-2H3;2H,1H3. The van der Waals surface area contributed by atoms with Crippen molar-refractivity contribution in [3.63, 3.8) is 0 Å². The number of aliphatic hydroxyl groups is 1. The third kappa shape index (κ3) is 7.21. The summed E-state index contributed by atoms with van der Waals surface area (Å²) >= 11 is 0. The van der Waals surface area contributed by atoms with Gasteiger partial charge in [0, 0.05) is 37.9 Å². The smallest absolute Gasteiger partial charge is 0.272 e. The number of fused-ring (bicyclic) bond motifs is 1. The maximum atomic E-state index is 13.2. The number of benzene rings is 1. The fourth-order valence-electron chi connectivity index (χ4n) is 4.59. The molecule has 206 valence electrons. The number of aromatic amines is 1. The number of aryl methyl sites for hydroxylation is 1. The van der Waals surface area contributed by atoms with E-state index in [1.807, 2.05) is 0 Å². The number of hydrogen-bond acceptors (Lipinski definition) is 6. The van der Waals surface area contributed by atoms with E-state index in [1.165, 1.54) is 30.0 Å². The van der Waals surface area contributed by atoms with Crippen molar-refractivity contribution in [2.24, 2.45) is 0 Å². The first-order valence-corrected chi connectivity index (χ1v) is 14.4. The van der Waals surface area contributed by atoms with Gasteiger partial charge in [-0.05, 0) is 62.8 Å². The normalized spacial score (nSPS) is 15.8. The number of hydrogen-bond donors (Lipinski definition) is 3. The average molecular weight is 536 g/mol. The SMILES string of the molecule is CCC.CO.COc1ccc(S(=O)(=O)N2CCCCC2)cc1NC(=O)c1[nH]c(C)c2c1CCCCC2=O. The van der Waals surface area contributed by atoms with Crippen molar-refractivity contribution >= 4 is 27.4 Å². The molecule has 10 heteroatoms. The molecule has 2 aromatic rings. The second-order valence-electron chi connectivity index (χ2n) is 9.10. The first-order chi connectivity index (χ1) is 17.7. The highest BCUT2D eigenvalue weighted by atomic mass is 32.2. The highest BCUT2D eigenvalue weighted by Crippen LogP contribution is 2.32. The lowest BCUT2D eigenvalue weighted by atomic mass is 10.0. The third-order valence-electron chi connectivity index (χ3n) is 6.25. The Bertz CT molecular complexity index is 1170. The van der Waals surface area contributed by atoms with E-state index >= 15 is 0 Å². The van der Waals surface area contributed by atoms with Crippen LogP contribution in [0.25, 0.3) is 0 Å². The summed E-state index contributed by atoms with van der Waals surface area (Å²) in [6.45, 7) is 7.04. The fraction of sp³-hybridized carbons (Fsp3) is 0.556. The Hall–Kier alpha value is -2.69. The average Bonchev–Trinajstić information content (AvgIpc) is 3.11. The van der Waals surface area contributed by atoms with Crippen LogP contribution in [0.3, 0.4) is 0 Å². The Morgan fingerprint density at radius 3 is 2.32 bits per heavy atom. The fourth-order valence-corrected chi connectivity index (χ4v) is 6.14. The minimum Gasteiger partial charge on any atom is -0.495 e. The number of anilines is 1. The summed E-state index contributed by atoms with van der Waals surface area (Å²) in [5.74, 6) is -0.00578. The number of ketones is 1. The van der Waals surface area contributed by atoms with Crippen molar-refractivity contribution in [1.82, 2.24) is 9.29 Å². The van der Waals surface area contributed by atoms with Crippen LogP contribution in [0.5, 0.6) is 5.75 Å². The summed E-state index contributed by atoms with van der Waals surface area (Å²) in [7, 11) is -1.19. The number of nitrogens with one attached hydrogen (secondary N) is 2. The van der Waals surface area contributed by atoms with E-state index < -0.39 is 15.9 Å². The van der Waals surface area contributed by atoms with E-state index in [1.54, 1.807) is 13.0 Å². The maximum absolute atomic E-state index is 13.2. The van der Waals surface area contributed by atoms with Crippen LogP contribution in [0.1, 0.15) is 90.9 Å². The predicted octanol–water partition coefficient (Wildman–Crippen LogP) is 4.69. The summed E-state index contributed by atoms with van der Waals surface area (Å²) in [5.41, 5.74) is 2.65. The Labute approximate surface area is 220 Å². The molecule has 2 aliphatic rings. The molecule has 0 atom stereocenters. The Kier molecular flexibility index (Phi) is 11.8. The number of Topliss-reactive ketones (excluding diaryl/α,β-unsaturated/α-hetero) is 1. The molecule has 3 N–H and O–H groups in total. The molecule has 0 spiro atoms. The van der Waals surface area contributed by atoms with Crippen molar-refractivity contribution in [2.75, 3.05) is 32.6 Å². The molecular weight excluding hydrogens is 494 g/mol. The number of carbonyl (C=O) groups is 2. The molecule has 1 amide bonds. The number of nitrogens with zero attached hydrogens (tertiary/aromatic N) is 1. The van der Waals surface area contributed by atoms with Crippen molar-refractivity contribution < 1.29 is 27.9 Å². The highest BCUT2D eigenvalue weighted by Gasteiger charge is 2.29. The molecule has 1 saturated heterocycles. The van der Waals surface area contributed by atoms with Gasteiger partial charge >= 0.3 is 0 Å². The van der Waals surface area contributed by atoms with E-state index in [0.717, 1.165) is 44.8 Å². The number of carbonyl (C=O) groups excluding carboxylic acids is 2. The Morgan fingerprint density at radius 1 is 1.08 bits per heavy atom. The largest absolute Gasteiger partial charge is 0.495 e. The molecule has 1 fully saturated rings. The number of H-pyrrole nitrogens is 1. The summed E-state index contributed by atoms with van der Waals surface area (Å²) in [6, 6.07) is 4.50. The number of ether oxygens (including phenoxy) is 1. The van der Waals surface area contributed by atoms with Crippen LogP contribution < -0.4 is 10.1 Å². The van der Waals surface area contributed by atoms with Crippen LogP contribution in [0.4, 0.5) is 5.69 Å². The quantitative estimate of drug-likeness (QED) is 0.476. The van der Waals surface area contributed by atoms with Crippen molar-refractivity contribution in [1.29, 1.82) is 0 Å². The van der Waals surface area contributed by atoms with Gasteiger partial charge in [-0.2, -0.15) is 4.31 Å². The van der Waals surface area contributed by atoms with Gasteiger partial charge in [-0.15, -0.1) is 0 Å². The van der Waals surface area contributed by atoms with Gasteiger partial charge in [-0.3, -0.25) is 9.59 Å². The zero-order valence-electron chi connectivity index (χ0n) is 22.6. The molecule has 0 radical (unpaired) electrons. The molecule has 37 heavy (non-hydrogen) atoms. The van der Waals surface area contributed by atoms with E-state index in [-0.39, 0.29) is 16.4 Å². The number of piperidine rings is 1. The third-order valence-corrected chi connectivity index (χ3v) is 8.14. The summed E-state index contributed by atoms with van der Waals surface area (Å²) in [5, 5.41) is 9.80. The van der Waals surface area contributed by atoms with Gasteiger partial charge in [-0.1, -0.05) is 26.7 Å². The van der Waals surface area contributed by atoms with Crippen LogP contribution in [-0.4, -0.2) is 61.8 Å². The number of rotatable bonds is 5. The first-order valence-electron chi connectivity index (χ1n) is 12.9. The van der Waals surface area contributed by atoms with Gasteiger partial charge in [0.1, 0.15) is 11.4 Å². The number of amides is 1. The lowest BCUT2D eigenvalue weighted by Gasteiger charge is -2.26. The summed E-state index contributed by atoms with van der Waals surface area (Å²) < 4.78 is 33.0. The molecule has 1 aliphatic carbocycles. The molecule has 0 unspecified atom stereocenters. The van der Waals surface area contributed by atoms with Gasteiger partial charge in [0.15, 0.2) is 5.78 Å². The molecule has 2 heterocycles. The van der Waals surface area contributed by atoms with Gasteiger partial charge in [-0.25, -0.2) is 8.42 Å². The van der Waals surface area contributed by atoms with Crippen LogP contribution >= 0.6 is 0 Å². The number of aliphatic hydroxyl groups excluding tert-OH is 1. The number of sulfonamides is 1. The maximum Gasteiger partial charge on any atom is 0.272 e. The Morgan fingerprint density at radius 2 is 1.70 bits per heavy atom. The molecule has 4 rings (SSSR count). The van der Waals surface area contributed by atoms with Crippen LogP contribution in [0.2, 0.25) is 0 Å². The van der Waals surface area contributed by atoms with Crippen molar-refractivity contribution in [2.45, 2.75) is 77.0 Å². The minimum atomic E-state index is -3.66. The zero-order valence-corrected chi connectivity index (χ0v) is 23.5. The van der Waals surface area contributed by atoms with E-state index in [2.05, 4.69) is 24.1 Å². The lowest BCUT2D eigenvalue weighted by Crippen LogP contribution is -2.35. The first kappa shape index (κ1) is 30.5. The number of aromatic nitrogens is 1. The van der Waals surface area contributed by atoms with Crippen LogP contribution in [0.15, 0.2) is 23.1 Å². The summed E-state index contributed by atoms with van der Waals surface area (Å²) in [4.78, 5) is 28.8. The molecule has 0 saturated carbocycles.